The second kappa shape index (κ2) is 8.28. The number of nitrogens with zero attached hydrogens (tertiary/aromatic N) is 3. The second-order valence-corrected chi connectivity index (χ2v) is 10.7. The highest BCUT2D eigenvalue weighted by molar-refractivity contribution is 7.90. The van der Waals surface area contributed by atoms with Crippen molar-refractivity contribution in [2.24, 2.45) is 5.92 Å². The van der Waals surface area contributed by atoms with Gasteiger partial charge < -0.3 is 15.0 Å². The molecular weight excluding hydrogens is 456 g/mol. The molecule has 2 aromatic carbocycles. The Morgan fingerprint density at radius 3 is 2.71 bits per heavy atom. The quantitative estimate of drug-likeness (QED) is 0.601. The first-order chi connectivity index (χ1) is 16.3. The van der Waals surface area contributed by atoms with E-state index in [9.17, 15) is 18.0 Å². The first-order valence-electron chi connectivity index (χ1n) is 10.9. The molecule has 10 heteroatoms. The van der Waals surface area contributed by atoms with E-state index in [1.54, 1.807) is 21.7 Å². The van der Waals surface area contributed by atoms with Crippen LogP contribution in [-0.2, 0) is 30.9 Å². The van der Waals surface area contributed by atoms with Crippen LogP contribution in [0.15, 0.2) is 48.5 Å². The Hall–Kier alpha value is -3.66. The number of ether oxygens (including phenoxy) is 1. The summed E-state index contributed by atoms with van der Waals surface area (Å²) >= 11 is 0. The van der Waals surface area contributed by atoms with Gasteiger partial charge in [-0.3, -0.25) is 9.59 Å². The molecule has 1 atom stereocenters. The van der Waals surface area contributed by atoms with Crippen LogP contribution in [0.3, 0.4) is 0 Å². The number of para-hydroxylation sites is 2. The summed E-state index contributed by atoms with van der Waals surface area (Å²) in [6, 6.07) is 14.7. The van der Waals surface area contributed by atoms with Crippen LogP contribution in [0.2, 0.25) is 0 Å². The molecule has 1 saturated heterocycles. The van der Waals surface area contributed by atoms with Crippen LogP contribution >= 0.6 is 0 Å². The second-order valence-electron chi connectivity index (χ2n) is 8.62. The van der Waals surface area contributed by atoms with Gasteiger partial charge in [0.25, 0.3) is 0 Å². The van der Waals surface area contributed by atoms with Gasteiger partial charge >= 0.3 is 0 Å². The average Bonchev–Trinajstić information content (AvgIpc) is 3.44. The number of carbonyl (C=O) groups is 2. The lowest BCUT2D eigenvalue weighted by Gasteiger charge is -2.19. The number of aryl methyl sites for hydroxylation is 1. The summed E-state index contributed by atoms with van der Waals surface area (Å²) in [5.41, 5.74) is 3.28. The number of rotatable bonds is 5. The fraction of sp³-hybridized carbons (Fsp3) is 0.292. The van der Waals surface area contributed by atoms with Crippen LogP contribution in [0.5, 0.6) is 5.75 Å². The van der Waals surface area contributed by atoms with Gasteiger partial charge in [0.15, 0.2) is 9.84 Å². The molecule has 9 nitrogen and oxygen atoms in total. The highest BCUT2D eigenvalue weighted by Crippen LogP contribution is 2.35. The molecule has 0 saturated carbocycles. The Kier molecular flexibility index (Phi) is 5.40. The van der Waals surface area contributed by atoms with Gasteiger partial charge in [-0.25, -0.2) is 13.1 Å². The fourth-order valence-electron chi connectivity index (χ4n) is 4.50. The number of hydrogen-bond acceptors (Lipinski definition) is 6. The normalized spacial score (nSPS) is 18.7. The maximum absolute atomic E-state index is 13.3. The molecule has 3 heterocycles. The van der Waals surface area contributed by atoms with E-state index < -0.39 is 15.8 Å². The zero-order chi connectivity index (χ0) is 24.0. The summed E-state index contributed by atoms with van der Waals surface area (Å²) in [6.45, 7) is 2.14. The van der Waals surface area contributed by atoms with E-state index in [-0.39, 0.29) is 36.3 Å². The zero-order valence-corrected chi connectivity index (χ0v) is 19.6. The zero-order valence-electron chi connectivity index (χ0n) is 18.8. The van der Waals surface area contributed by atoms with E-state index in [0.29, 0.717) is 28.5 Å². The van der Waals surface area contributed by atoms with Crippen molar-refractivity contribution in [3.05, 3.63) is 65.4 Å². The number of carbonyl (C=O) groups excluding carboxylic acids is 2. The van der Waals surface area contributed by atoms with Crippen LogP contribution < -0.4 is 15.0 Å². The monoisotopic (exact) mass is 480 g/mol. The molecule has 2 aliphatic rings. The van der Waals surface area contributed by atoms with Gasteiger partial charge in [-0.15, -0.1) is 0 Å². The first-order valence-corrected chi connectivity index (χ1v) is 12.7. The van der Waals surface area contributed by atoms with Gasteiger partial charge in [0.05, 0.1) is 41.6 Å². The van der Waals surface area contributed by atoms with Gasteiger partial charge in [0, 0.05) is 18.5 Å². The van der Waals surface area contributed by atoms with Gasteiger partial charge in [-0.1, -0.05) is 24.3 Å². The molecule has 34 heavy (non-hydrogen) atoms. The third kappa shape index (κ3) is 3.94. The van der Waals surface area contributed by atoms with Crippen LogP contribution in [0.4, 0.5) is 11.5 Å². The molecule has 0 radical (unpaired) electrons. The van der Waals surface area contributed by atoms with E-state index >= 15 is 0 Å². The molecule has 3 aromatic rings. The van der Waals surface area contributed by atoms with Crippen LogP contribution in [0.1, 0.15) is 23.2 Å². The molecular formula is C24H24N4O5S. The van der Waals surface area contributed by atoms with Crippen LogP contribution in [0, 0.1) is 12.8 Å². The van der Waals surface area contributed by atoms with Crippen LogP contribution in [0.25, 0.3) is 5.69 Å². The Morgan fingerprint density at radius 2 is 1.94 bits per heavy atom. The van der Waals surface area contributed by atoms with E-state index in [4.69, 9.17) is 4.74 Å². The number of anilines is 2. The van der Waals surface area contributed by atoms with Crippen LogP contribution in [-0.4, -0.2) is 43.7 Å². The standard InChI is InChI=1S/C24H24N4O5S/c1-15-6-5-7-17(10-15)28-23(18-13-34(31,32)14-19(18)26-28)25-24(30)16-11-22(29)27(12-16)20-8-3-4-9-21(20)33-2/h3-10,16H,11-14H2,1-2H3,(H,25,30). The average molecular weight is 481 g/mol. The number of fused-ring (bicyclic) bond motifs is 1. The maximum atomic E-state index is 13.3. The third-order valence-corrected chi connectivity index (χ3v) is 7.59. The number of amides is 2. The Morgan fingerprint density at radius 1 is 1.15 bits per heavy atom. The Bertz CT molecular complexity index is 1410. The summed E-state index contributed by atoms with van der Waals surface area (Å²) in [4.78, 5) is 27.6. The lowest BCUT2D eigenvalue weighted by Crippen LogP contribution is -2.29. The molecule has 1 aromatic heterocycles. The lowest BCUT2D eigenvalue weighted by atomic mass is 10.1. The fourth-order valence-corrected chi connectivity index (χ4v) is 6.00. The van der Waals surface area contributed by atoms with Crippen molar-refractivity contribution in [1.82, 2.24) is 9.78 Å². The molecule has 1 fully saturated rings. The van der Waals surface area contributed by atoms with Gasteiger partial charge in [-0.05, 0) is 36.8 Å². The molecule has 2 aliphatic heterocycles. The number of sulfone groups is 1. The van der Waals surface area contributed by atoms with E-state index in [0.717, 1.165) is 11.3 Å². The predicted molar refractivity (Wildman–Crippen MR) is 127 cm³/mol. The summed E-state index contributed by atoms with van der Waals surface area (Å²) < 4.78 is 31.4. The number of benzene rings is 2. The van der Waals surface area contributed by atoms with E-state index in [2.05, 4.69) is 10.4 Å². The smallest absolute Gasteiger partial charge is 0.230 e. The highest BCUT2D eigenvalue weighted by atomic mass is 32.2. The van der Waals surface area contributed by atoms with Crippen molar-refractivity contribution in [3.63, 3.8) is 0 Å². The molecule has 2 amide bonds. The van der Waals surface area contributed by atoms with Gasteiger partial charge in [0.2, 0.25) is 11.8 Å². The number of nitrogens with one attached hydrogen (secondary N) is 1. The Labute approximate surface area is 197 Å². The first kappa shape index (κ1) is 22.1. The lowest BCUT2D eigenvalue weighted by molar-refractivity contribution is -0.122. The largest absolute Gasteiger partial charge is 0.495 e. The Balaban J connectivity index is 1.44. The van der Waals surface area contributed by atoms with Crippen molar-refractivity contribution in [3.8, 4) is 11.4 Å². The van der Waals surface area contributed by atoms with Gasteiger partial charge in [-0.2, -0.15) is 5.10 Å². The van der Waals surface area contributed by atoms with Crippen molar-refractivity contribution in [2.75, 3.05) is 23.9 Å². The van der Waals surface area contributed by atoms with Crippen molar-refractivity contribution < 1.29 is 22.7 Å². The molecule has 5 rings (SSSR count). The number of hydrogen-bond donors (Lipinski definition) is 1. The molecule has 1 unspecified atom stereocenters. The summed E-state index contributed by atoms with van der Waals surface area (Å²) in [7, 11) is -1.78. The van der Waals surface area contributed by atoms with Crippen molar-refractivity contribution in [2.45, 2.75) is 24.9 Å². The van der Waals surface area contributed by atoms with E-state index in [1.165, 1.54) is 7.11 Å². The molecule has 0 aliphatic carbocycles. The highest BCUT2D eigenvalue weighted by Gasteiger charge is 2.38. The minimum absolute atomic E-state index is 0.0446. The maximum Gasteiger partial charge on any atom is 0.230 e. The predicted octanol–water partition coefficient (Wildman–Crippen LogP) is 2.61. The summed E-state index contributed by atoms with van der Waals surface area (Å²) in [5, 5.41) is 7.40. The molecule has 1 N–H and O–H groups in total. The summed E-state index contributed by atoms with van der Waals surface area (Å²) in [5.74, 6) is -0.579. The number of methoxy groups -OCH3 is 1. The molecule has 176 valence electrons. The van der Waals surface area contributed by atoms with Crippen molar-refractivity contribution >= 4 is 33.2 Å². The SMILES string of the molecule is COc1ccccc1N1CC(C(=O)Nc2c3c(nn2-c2cccc(C)c2)CS(=O)(=O)C3)CC1=O. The molecule has 0 spiro atoms. The topological polar surface area (TPSA) is 111 Å². The van der Waals surface area contributed by atoms with E-state index in [1.807, 2.05) is 43.3 Å². The number of aromatic nitrogens is 2. The summed E-state index contributed by atoms with van der Waals surface area (Å²) in [6.07, 6.45) is 0.0446. The third-order valence-electron chi connectivity index (χ3n) is 6.15. The van der Waals surface area contributed by atoms with Gasteiger partial charge in [0.1, 0.15) is 11.6 Å². The van der Waals surface area contributed by atoms with Crippen molar-refractivity contribution in [1.29, 1.82) is 0 Å². The minimum atomic E-state index is -3.31. The minimum Gasteiger partial charge on any atom is -0.495 e. The molecule has 0 bridgehead atoms.